The van der Waals surface area contributed by atoms with Gasteiger partial charge in [0.1, 0.15) is 6.07 Å². The molecule has 0 aliphatic carbocycles. The molecule has 74 valence electrons. The summed E-state index contributed by atoms with van der Waals surface area (Å²) in [6.07, 6.45) is 3.09. The molecule has 0 saturated heterocycles. The van der Waals surface area contributed by atoms with E-state index in [0.717, 1.165) is 6.54 Å². The van der Waals surface area contributed by atoms with Gasteiger partial charge in [0.15, 0.2) is 11.5 Å². The van der Waals surface area contributed by atoms with E-state index in [2.05, 4.69) is 9.97 Å². The second-order valence-corrected chi connectivity index (χ2v) is 2.71. The number of rotatable bonds is 4. The molecule has 0 saturated carbocycles. The van der Waals surface area contributed by atoms with E-state index >= 15 is 0 Å². The maximum atomic E-state index is 8.82. The van der Waals surface area contributed by atoms with Crippen molar-refractivity contribution >= 4 is 5.82 Å². The predicted molar refractivity (Wildman–Crippen MR) is 53.7 cm³/mol. The average Bonchev–Trinajstić information content (AvgIpc) is 2.26. The highest BCUT2D eigenvalue weighted by molar-refractivity contribution is 5.49. The van der Waals surface area contributed by atoms with Crippen LogP contribution in [0.4, 0.5) is 5.82 Å². The lowest BCUT2D eigenvalue weighted by atomic mass is 10.3. The van der Waals surface area contributed by atoms with E-state index in [1.807, 2.05) is 17.9 Å². The molecule has 0 radical (unpaired) electrons. The van der Waals surface area contributed by atoms with Crippen LogP contribution in [0.15, 0.2) is 12.4 Å². The van der Waals surface area contributed by atoms with E-state index in [0.29, 0.717) is 24.6 Å². The Bertz CT molecular complexity index is 330. The highest BCUT2D eigenvalue weighted by Crippen LogP contribution is 2.12. The van der Waals surface area contributed by atoms with Crippen molar-refractivity contribution in [2.45, 2.75) is 6.92 Å². The van der Waals surface area contributed by atoms with Crippen molar-refractivity contribution in [3.8, 4) is 6.07 Å². The van der Waals surface area contributed by atoms with Gasteiger partial charge in [-0.2, -0.15) is 5.26 Å². The number of nitriles is 1. The Morgan fingerprint density at radius 1 is 1.50 bits per heavy atom. The second kappa shape index (κ2) is 5.14. The lowest BCUT2D eigenvalue weighted by Crippen LogP contribution is -2.30. The fraction of sp³-hybridized carbons (Fsp3) is 0.444. The van der Waals surface area contributed by atoms with Gasteiger partial charge in [0.2, 0.25) is 0 Å². The van der Waals surface area contributed by atoms with Gasteiger partial charge < -0.3 is 10.6 Å². The molecule has 1 rings (SSSR count). The smallest absolute Gasteiger partial charge is 0.183 e. The van der Waals surface area contributed by atoms with Crippen molar-refractivity contribution in [2.24, 2.45) is 5.73 Å². The van der Waals surface area contributed by atoms with E-state index in [4.69, 9.17) is 11.0 Å². The van der Waals surface area contributed by atoms with Crippen LogP contribution in [-0.4, -0.2) is 29.6 Å². The summed E-state index contributed by atoms with van der Waals surface area (Å²) in [4.78, 5) is 10.0. The summed E-state index contributed by atoms with van der Waals surface area (Å²) in [6.45, 7) is 3.98. The monoisotopic (exact) mass is 191 g/mol. The highest BCUT2D eigenvalue weighted by Gasteiger charge is 2.10. The molecule has 0 unspecified atom stereocenters. The van der Waals surface area contributed by atoms with Gasteiger partial charge in [-0.15, -0.1) is 0 Å². The van der Waals surface area contributed by atoms with E-state index in [1.54, 1.807) is 6.20 Å². The summed E-state index contributed by atoms with van der Waals surface area (Å²) in [5.41, 5.74) is 5.81. The third kappa shape index (κ3) is 2.18. The molecule has 1 aromatic heterocycles. The molecule has 0 fully saturated rings. The Labute approximate surface area is 83.2 Å². The quantitative estimate of drug-likeness (QED) is 0.732. The van der Waals surface area contributed by atoms with E-state index < -0.39 is 0 Å². The third-order valence-electron chi connectivity index (χ3n) is 1.87. The first-order valence-corrected chi connectivity index (χ1v) is 4.49. The minimum Gasteiger partial charge on any atom is -0.353 e. The second-order valence-electron chi connectivity index (χ2n) is 2.71. The Morgan fingerprint density at radius 3 is 2.79 bits per heavy atom. The molecule has 0 aliphatic rings. The molecule has 0 spiro atoms. The number of nitrogens with two attached hydrogens (primary N) is 1. The summed E-state index contributed by atoms with van der Waals surface area (Å²) >= 11 is 0. The molecule has 0 aliphatic heterocycles. The van der Waals surface area contributed by atoms with Crippen molar-refractivity contribution < 1.29 is 0 Å². The Kier molecular flexibility index (Phi) is 3.83. The standard InChI is InChI=1S/C9H13N5/c1-2-14(6-3-10)9-8(7-11)12-4-5-13-9/h4-5H,2-3,6,10H2,1H3. The van der Waals surface area contributed by atoms with Crippen molar-refractivity contribution in [3.63, 3.8) is 0 Å². The fourth-order valence-corrected chi connectivity index (χ4v) is 1.21. The normalized spacial score (nSPS) is 9.50. The maximum Gasteiger partial charge on any atom is 0.183 e. The van der Waals surface area contributed by atoms with Crippen LogP contribution in [0, 0.1) is 11.3 Å². The first-order valence-electron chi connectivity index (χ1n) is 4.49. The van der Waals surface area contributed by atoms with Crippen LogP contribution in [0.5, 0.6) is 0 Å². The lowest BCUT2D eigenvalue weighted by molar-refractivity contribution is 0.795. The highest BCUT2D eigenvalue weighted by atomic mass is 15.2. The molecular weight excluding hydrogens is 178 g/mol. The Hall–Kier alpha value is -1.67. The van der Waals surface area contributed by atoms with Crippen molar-refractivity contribution in [2.75, 3.05) is 24.5 Å². The van der Waals surface area contributed by atoms with Gasteiger partial charge in [0, 0.05) is 32.0 Å². The number of nitrogens with zero attached hydrogens (tertiary/aromatic N) is 4. The number of hydrogen-bond donors (Lipinski definition) is 1. The Balaban J connectivity index is 2.97. The van der Waals surface area contributed by atoms with Crippen LogP contribution < -0.4 is 10.6 Å². The summed E-state index contributed by atoms with van der Waals surface area (Å²) in [6, 6.07) is 2.01. The van der Waals surface area contributed by atoms with Gasteiger partial charge in [0.05, 0.1) is 0 Å². The molecule has 2 N–H and O–H groups in total. The molecule has 0 atom stereocenters. The third-order valence-corrected chi connectivity index (χ3v) is 1.87. The topological polar surface area (TPSA) is 78.8 Å². The average molecular weight is 191 g/mol. The number of hydrogen-bond acceptors (Lipinski definition) is 5. The number of anilines is 1. The summed E-state index contributed by atoms with van der Waals surface area (Å²) in [5.74, 6) is 0.614. The molecule has 0 amide bonds. The zero-order valence-electron chi connectivity index (χ0n) is 8.14. The molecule has 0 bridgehead atoms. The minimum atomic E-state index is 0.350. The molecule has 14 heavy (non-hydrogen) atoms. The van der Waals surface area contributed by atoms with Crippen LogP contribution >= 0.6 is 0 Å². The molecular formula is C9H13N5. The van der Waals surface area contributed by atoms with Crippen molar-refractivity contribution in [1.29, 1.82) is 5.26 Å². The minimum absolute atomic E-state index is 0.350. The first-order chi connectivity index (χ1) is 6.83. The SMILES string of the molecule is CCN(CCN)c1nccnc1C#N. The molecule has 5 nitrogen and oxygen atoms in total. The van der Waals surface area contributed by atoms with Crippen LogP contribution in [-0.2, 0) is 0 Å². The molecule has 1 heterocycles. The van der Waals surface area contributed by atoms with Gasteiger partial charge in [-0.1, -0.05) is 0 Å². The largest absolute Gasteiger partial charge is 0.353 e. The molecule has 5 heteroatoms. The summed E-state index contributed by atoms with van der Waals surface area (Å²) in [7, 11) is 0. The maximum absolute atomic E-state index is 8.82. The van der Waals surface area contributed by atoms with Gasteiger partial charge in [-0.25, -0.2) is 9.97 Å². The number of likely N-dealkylation sites (N-methyl/N-ethyl adjacent to an activating group) is 1. The van der Waals surface area contributed by atoms with E-state index in [-0.39, 0.29) is 0 Å². The van der Waals surface area contributed by atoms with Crippen molar-refractivity contribution in [1.82, 2.24) is 9.97 Å². The summed E-state index contributed by atoms with van der Waals surface area (Å²) < 4.78 is 0. The molecule has 0 aromatic carbocycles. The number of aromatic nitrogens is 2. The van der Waals surface area contributed by atoms with Crippen molar-refractivity contribution in [3.05, 3.63) is 18.1 Å². The van der Waals surface area contributed by atoms with E-state index in [9.17, 15) is 0 Å². The Morgan fingerprint density at radius 2 is 2.21 bits per heavy atom. The van der Waals surface area contributed by atoms with Gasteiger partial charge >= 0.3 is 0 Å². The van der Waals surface area contributed by atoms with Crippen LogP contribution in [0.2, 0.25) is 0 Å². The fourth-order valence-electron chi connectivity index (χ4n) is 1.21. The van der Waals surface area contributed by atoms with Crippen LogP contribution in [0.25, 0.3) is 0 Å². The zero-order valence-corrected chi connectivity index (χ0v) is 8.14. The zero-order chi connectivity index (χ0) is 10.4. The lowest BCUT2D eigenvalue weighted by Gasteiger charge is -2.20. The van der Waals surface area contributed by atoms with Crippen LogP contribution in [0.3, 0.4) is 0 Å². The first kappa shape index (κ1) is 10.4. The van der Waals surface area contributed by atoms with Gasteiger partial charge in [-0.05, 0) is 6.92 Å². The predicted octanol–water partition coefficient (Wildman–Crippen LogP) is 0.133. The van der Waals surface area contributed by atoms with Gasteiger partial charge in [-0.3, -0.25) is 0 Å². The summed E-state index contributed by atoms with van der Waals surface area (Å²) in [5, 5.41) is 8.82. The van der Waals surface area contributed by atoms with Gasteiger partial charge in [0.25, 0.3) is 0 Å². The molecule has 1 aromatic rings. The van der Waals surface area contributed by atoms with E-state index in [1.165, 1.54) is 6.20 Å². The van der Waals surface area contributed by atoms with Crippen LogP contribution in [0.1, 0.15) is 12.6 Å².